The van der Waals surface area contributed by atoms with E-state index in [4.69, 9.17) is 11.3 Å². The molecule has 0 N–H and O–H groups in total. The average Bonchev–Trinajstić information content (AvgIpc) is 2.40. The fraction of sp³-hybridized carbons (Fsp3) is 0.611. The smallest absolute Gasteiger partial charge is 0.410 e. The van der Waals surface area contributed by atoms with Gasteiger partial charge in [0.15, 0.2) is 5.78 Å². The summed E-state index contributed by atoms with van der Waals surface area (Å²) in [6.07, 6.45) is 3.26. The maximum atomic E-state index is 12.5. The zero-order chi connectivity index (χ0) is 17.6. The second-order valence-corrected chi connectivity index (χ2v) is 7.99. The van der Waals surface area contributed by atoms with Crippen molar-refractivity contribution in [2.75, 3.05) is 13.1 Å². The second kappa shape index (κ2) is 5.23. The van der Waals surface area contributed by atoms with Crippen LogP contribution in [-0.2, 0) is 9.53 Å². The van der Waals surface area contributed by atoms with Crippen LogP contribution in [0.2, 0.25) is 0 Å². The van der Waals surface area contributed by atoms with Crippen molar-refractivity contribution < 1.29 is 14.3 Å². The molecule has 5 heteroatoms. The molecule has 0 radical (unpaired) electrons. The first-order valence-electron chi connectivity index (χ1n) is 7.75. The van der Waals surface area contributed by atoms with Gasteiger partial charge < -0.3 is 14.4 Å². The molecule has 0 unspecified atom stereocenters. The Morgan fingerprint density at radius 2 is 1.96 bits per heavy atom. The molecular weight excluding hydrogens is 292 g/mol. The Morgan fingerprint density at radius 3 is 2.48 bits per heavy atom. The SMILES string of the molecule is [C-]#[N+]C1=C[C@]2(C)CN(C(=O)OC(C)(C)C)CC=C2C(C)(C)C1=O. The summed E-state index contributed by atoms with van der Waals surface area (Å²) in [5.74, 6) is -0.151. The molecular formula is C18H24N2O3. The summed E-state index contributed by atoms with van der Waals surface area (Å²) in [7, 11) is 0. The van der Waals surface area contributed by atoms with E-state index in [0.29, 0.717) is 13.1 Å². The van der Waals surface area contributed by atoms with E-state index < -0.39 is 16.4 Å². The van der Waals surface area contributed by atoms with Gasteiger partial charge in [-0.15, -0.1) is 0 Å². The maximum absolute atomic E-state index is 12.5. The maximum Gasteiger partial charge on any atom is 0.410 e. The highest BCUT2D eigenvalue weighted by Gasteiger charge is 2.49. The molecule has 0 aromatic carbocycles. The highest BCUT2D eigenvalue weighted by atomic mass is 16.6. The number of carbonyl (C=O) groups excluding carboxylic acids is 2. The Bertz CT molecular complexity index is 659. The molecule has 0 spiro atoms. The number of allylic oxidation sites excluding steroid dienone is 1. The van der Waals surface area contributed by atoms with Crippen molar-refractivity contribution >= 4 is 11.9 Å². The predicted molar refractivity (Wildman–Crippen MR) is 87.5 cm³/mol. The molecule has 1 aliphatic carbocycles. The number of carbonyl (C=O) groups is 2. The van der Waals surface area contributed by atoms with Crippen molar-refractivity contribution in [1.82, 2.24) is 4.90 Å². The normalized spacial score (nSPS) is 26.7. The van der Waals surface area contributed by atoms with Gasteiger partial charge in [0, 0.05) is 23.9 Å². The average molecular weight is 316 g/mol. The van der Waals surface area contributed by atoms with Crippen LogP contribution in [0.4, 0.5) is 4.79 Å². The van der Waals surface area contributed by atoms with Gasteiger partial charge in [0.05, 0.1) is 6.57 Å². The molecule has 2 aliphatic rings. The third-order valence-corrected chi connectivity index (χ3v) is 4.35. The summed E-state index contributed by atoms with van der Waals surface area (Å²) in [5, 5.41) is 0. The summed E-state index contributed by atoms with van der Waals surface area (Å²) < 4.78 is 5.44. The third kappa shape index (κ3) is 3.03. The van der Waals surface area contributed by atoms with Crippen molar-refractivity contribution in [2.24, 2.45) is 10.8 Å². The van der Waals surface area contributed by atoms with E-state index in [2.05, 4.69) is 4.85 Å². The first-order chi connectivity index (χ1) is 10.4. The van der Waals surface area contributed by atoms with Crippen LogP contribution in [0.1, 0.15) is 41.5 Å². The van der Waals surface area contributed by atoms with Gasteiger partial charge in [-0.25, -0.2) is 9.64 Å². The van der Waals surface area contributed by atoms with Gasteiger partial charge in [0.25, 0.3) is 0 Å². The van der Waals surface area contributed by atoms with Crippen LogP contribution in [0.25, 0.3) is 4.85 Å². The number of Topliss-reactive ketones (excluding diaryl/α,β-unsaturated/α-hetero) is 1. The number of fused-ring (bicyclic) bond motifs is 1. The first kappa shape index (κ1) is 17.3. The van der Waals surface area contributed by atoms with Gasteiger partial charge >= 0.3 is 6.09 Å². The van der Waals surface area contributed by atoms with Crippen LogP contribution in [0.15, 0.2) is 23.4 Å². The van der Waals surface area contributed by atoms with Gasteiger partial charge in [0.1, 0.15) is 5.60 Å². The second-order valence-electron chi connectivity index (χ2n) is 7.99. The summed E-state index contributed by atoms with van der Waals surface area (Å²) in [6, 6.07) is 0. The summed E-state index contributed by atoms with van der Waals surface area (Å²) in [5.41, 5.74) is -0.667. The number of hydrogen-bond donors (Lipinski definition) is 0. The summed E-state index contributed by atoms with van der Waals surface area (Å²) in [6.45, 7) is 19.2. The Hall–Kier alpha value is -2.09. The molecule has 0 saturated carbocycles. The van der Waals surface area contributed by atoms with Crippen LogP contribution in [0.3, 0.4) is 0 Å². The largest absolute Gasteiger partial charge is 0.444 e. The molecule has 1 heterocycles. The van der Waals surface area contributed by atoms with E-state index in [9.17, 15) is 9.59 Å². The third-order valence-electron chi connectivity index (χ3n) is 4.35. The highest BCUT2D eigenvalue weighted by Crippen LogP contribution is 2.49. The molecule has 0 bridgehead atoms. The molecule has 1 atom stereocenters. The quantitative estimate of drug-likeness (QED) is 0.507. The van der Waals surface area contributed by atoms with E-state index >= 15 is 0 Å². The van der Waals surface area contributed by atoms with Gasteiger partial charge in [0.2, 0.25) is 5.70 Å². The van der Waals surface area contributed by atoms with Gasteiger partial charge in [-0.05, 0) is 20.8 Å². The summed E-state index contributed by atoms with van der Waals surface area (Å²) in [4.78, 5) is 29.8. The Morgan fingerprint density at radius 1 is 1.35 bits per heavy atom. The minimum atomic E-state index is -0.719. The molecule has 0 saturated heterocycles. The fourth-order valence-corrected chi connectivity index (χ4v) is 3.43. The molecule has 2 rings (SSSR count). The van der Waals surface area contributed by atoms with Crippen LogP contribution in [0, 0.1) is 17.4 Å². The van der Waals surface area contributed by atoms with Crippen molar-refractivity contribution in [3.8, 4) is 0 Å². The zero-order valence-electron chi connectivity index (χ0n) is 14.7. The van der Waals surface area contributed by atoms with Crippen molar-refractivity contribution in [3.63, 3.8) is 0 Å². The number of ether oxygens (including phenoxy) is 1. The van der Waals surface area contributed by atoms with Crippen LogP contribution >= 0.6 is 0 Å². The van der Waals surface area contributed by atoms with E-state index in [1.807, 2.05) is 47.6 Å². The fourth-order valence-electron chi connectivity index (χ4n) is 3.43. The molecule has 1 aliphatic heterocycles. The Balaban J connectivity index is 2.38. The van der Waals surface area contributed by atoms with E-state index in [0.717, 1.165) is 5.57 Å². The van der Waals surface area contributed by atoms with Crippen LogP contribution < -0.4 is 0 Å². The molecule has 124 valence electrons. The highest BCUT2D eigenvalue weighted by molar-refractivity contribution is 6.04. The first-order valence-corrected chi connectivity index (χ1v) is 7.75. The Labute approximate surface area is 137 Å². The van der Waals surface area contributed by atoms with Gasteiger partial charge in [-0.1, -0.05) is 38.5 Å². The van der Waals surface area contributed by atoms with Gasteiger partial charge in [-0.3, -0.25) is 0 Å². The monoisotopic (exact) mass is 316 g/mol. The lowest BCUT2D eigenvalue weighted by atomic mass is 9.61. The standard InChI is InChI=1S/C18H24N2O3/c1-16(2,3)23-15(22)20-9-8-13-17(4,5)14(21)12(19-7)10-18(13,6)11-20/h8,10H,9,11H2,1-6H3/t18-/m1/s1. The van der Waals surface area contributed by atoms with E-state index in [1.165, 1.54) is 0 Å². The topological polar surface area (TPSA) is 51.0 Å². The number of rotatable bonds is 0. The summed E-state index contributed by atoms with van der Waals surface area (Å²) >= 11 is 0. The number of hydrogen-bond acceptors (Lipinski definition) is 3. The number of ketones is 1. The lowest BCUT2D eigenvalue weighted by molar-refractivity contribution is -0.122. The molecule has 23 heavy (non-hydrogen) atoms. The molecule has 0 fully saturated rings. The minimum Gasteiger partial charge on any atom is -0.444 e. The lowest BCUT2D eigenvalue weighted by Gasteiger charge is -2.47. The lowest BCUT2D eigenvalue weighted by Crippen LogP contribution is -2.51. The molecule has 0 aromatic rings. The van der Waals surface area contributed by atoms with Crippen LogP contribution in [0.5, 0.6) is 0 Å². The van der Waals surface area contributed by atoms with E-state index in [1.54, 1.807) is 11.0 Å². The molecule has 5 nitrogen and oxygen atoms in total. The van der Waals surface area contributed by atoms with Crippen molar-refractivity contribution in [2.45, 2.75) is 47.1 Å². The number of amides is 1. The molecule has 0 aromatic heterocycles. The predicted octanol–water partition coefficient (Wildman–Crippen LogP) is 3.58. The van der Waals surface area contributed by atoms with Crippen molar-refractivity contribution in [1.29, 1.82) is 0 Å². The van der Waals surface area contributed by atoms with Crippen LogP contribution in [-0.4, -0.2) is 35.5 Å². The Kier molecular flexibility index (Phi) is 3.92. The number of nitrogens with zero attached hydrogens (tertiary/aromatic N) is 2. The van der Waals surface area contributed by atoms with E-state index in [-0.39, 0.29) is 17.6 Å². The van der Waals surface area contributed by atoms with Crippen molar-refractivity contribution in [3.05, 3.63) is 34.8 Å². The minimum absolute atomic E-state index is 0.151. The van der Waals surface area contributed by atoms with Gasteiger partial charge in [-0.2, -0.15) is 0 Å². The zero-order valence-corrected chi connectivity index (χ0v) is 14.7. The molecule has 1 amide bonds.